The highest BCUT2D eigenvalue weighted by Crippen LogP contribution is 2.18. The summed E-state index contributed by atoms with van der Waals surface area (Å²) in [6.07, 6.45) is 1.56. The van der Waals surface area contributed by atoms with Crippen molar-refractivity contribution in [2.75, 3.05) is 0 Å². The highest BCUT2D eigenvalue weighted by atomic mass is 16.2. The van der Waals surface area contributed by atoms with E-state index in [1.807, 2.05) is 81.4 Å². The third-order valence-corrected chi connectivity index (χ3v) is 6.67. The van der Waals surface area contributed by atoms with E-state index >= 15 is 0 Å². The first kappa shape index (κ1) is 26.2. The van der Waals surface area contributed by atoms with Crippen molar-refractivity contribution in [3.63, 3.8) is 0 Å². The molecule has 0 saturated heterocycles. The van der Waals surface area contributed by atoms with Crippen LogP contribution in [0.5, 0.6) is 0 Å². The maximum atomic E-state index is 13.8. The topological polar surface area (TPSA) is 49.4 Å². The first-order chi connectivity index (χ1) is 16.8. The fourth-order valence-electron chi connectivity index (χ4n) is 4.07. The summed E-state index contributed by atoms with van der Waals surface area (Å²) in [4.78, 5) is 29.1. The number of nitrogens with zero attached hydrogens (tertiary/aromatic N) is 1. The maximum Gasteiger partial charge on any atom is 0.243 e. The van der Waals surface area contributed by atoms with Crippen LogP contribution in [0.1, 0.15) is 53.6 Å². The zero-order valence-corrected chi connectivity index (χ0v) is 21.7. The van der Waals surface area contributed by atoms with Gasteiger partial charge in [0.1, 0.15) is 6.04 Å². The van der Waals surface area contributed by atoms with Crippen molar-refractivity contribution in [1.29, 1.82) is 0 Å². The van der Waals surface area contributed by atoms with Gasteiger partial charge in [-0.1, -0.05) is 85.3 Å². The molecule has 0 spiro atoms. The number of benzene rings is 3. The molecule has 2 amide bonds. The van der Waals surface area contributed by atoms with Crippen LogP contribution in [-0.2, 0) is 29.0 Å². The molecule has 0 heterocycles. The molecule has 3 aromatic carbocycles. The fourth-order valence-corrected chi connectivity index (χ4v) is 4.07. The molecule has 2 atom stereocenters. The largest absolute Gasteiger partial charge is 0.352 e. The molecule has 0 aliphatic heterocycles. The molecule has 4 nitrogen and oxygen atoms in total. The standard InChI is InChI=1S/C31H38N2O2/c1-6-25(5)32-31(35)29(19-26-10-8-7-9-11-26)33(21-27-15-12-22(2)13-16-27)30(34)20-28-17-14-23(3)24(4)18-28/h7-18,25,29H,6,19-21H2,1-5H3,(H,32,35). The molecular formula is C31H38N2O2. The normalized spacial score (nSPS) is 12.6. The van der Waals surface area contributed by atoms with Gasteiger partial charge in [0.25, 0.3) is 0 Å². The monoisotopic (exact) mass is 470 g/mol. The van der Waals surface area contributed by atoms with Crippen LogP contribution in [0.3, 0.4) is 0 Å². The van der Waals surface area contributed by atoms with E-state index in [1.54, 1.807) is 4.90 Å². The number of amides is 2. The Kier molecular flexibility index (Phi) is 9.25. The van der Waals surface area contributed by atoms with Crippen molar-refractivity contribution in [1.82, 2.24) is 10.2 Å². The number of carbonyl (C=O) groups excluding carboxylic acids is 2. The zero-order valence-electron chi connectivity index (χ0n) is 21.7. The van der Waals surface area contributed by atoms with E-state index in [4.69, 9.17) is 0 Å². The number of carbonyl (C=O) groups is 2. The first-order valence-electron chi connectivity index (χ1n) is 12.5. The van der Waals surface area contributed by atoms with Crippen LogP contribution in [0.15, 0.2) is 72.8 Å². The van der Waals surface area contributed by atoms with E-state index in [9.17, 15) is 9.59 Å². The number of rotatable bonds is 10. The quantitative estimate of drug-likeness (QED) is 0.413. The lowest BCUT2D eigenvalue weighted by Gasteiger charge is -2.32. The molecule has 2 unspecified atom stereocenters. The average molecular weight is 471 g/mol. The third kappa shape index (κ3) is 7.54. The summed E-state index contributed by atoms with van der Waals surface area (Å²) in [5.74, 6) is -0.155. The molecule has 0 fully saturated rings. The minimum absolute atomic E-state index is 0.0387. The number of hydrogen-bond acceptors (Lipinski definition) is 2. The fraction of sp³-hybridized carbons (Fsp3) is 0.355. The predicted molar refractivity (Wildman–Crippen MR) is 143 cm³/mol. The van der Waals surface area contributed by atoms with Crippen molar-refractivity contribution < 1.29 is 9.59 Å². The molecule has 1 N–H and O–H groups in total. The Hall–Kier alpha value is -3.40. The molecule has 35 heavy (non-hydrogen) atoms. The molecule has 3 rings (SSSR count). The molecule has 0 aliphatic carbocycles. The molecule has 0 aliphatic rings. The summed E-state index contributed by atoms with van der Waals surface area (Å²) in [6.45, 7) is 10.6. The van der Waals surface area contributed by atoms with Crippen molar-refractivity contribution >= 4 is 11.8 Å². The Labute approximate surface area is 210 Å². The predicted octanol–water partition coefficient (Wildman–Crippen LogP) is 5.71. The highest BCUT2D eigenvalue weighted by Gasteiger charge is 2.31. The average Bonchev–Trinajstić information content (AvgIpc) is 2.85. The summed E-state index contributed by atoms with van der Waals surface area (Å²) >= 11 is 0. The Bertz CT molecular complexity index is 1120. The van der Waals surface area contributed by atoms with Gasteiger partial charge >= 0.3 is 0 Å². The van der Waals surface area contributed by atoms with Crippen molar-refractivity contribution in [2.24, 2.45) is 0 Å². The van der Waals surface area contributed by atoms with Crippen LogP contribution in [0.2, 0.25) is 0 Å². The van der Waals surface area contributed by atoms with Gasteiger partial charge in [-0.3, -0.25) is 9.59 Å². The van der Waals surface area contributed by atoms with Crippen LogP contribution in [-0.4, -0.2) is 28.8 Å². The second-order valence-electron chi connectivity index (χ2n) is 9.63. The van der Waals surface area contributed by atoms with Gasteiger partial charge in [0.05, 0.1) is 6.42 Å². The third-order valence-electron chi connectivity index (χ3n) is 6.67. The molecular weight excluding hydrogens is 432 g/mol. The van der Waals surface area contributed by atoms with Crippen molar-refractivity contribution in [3.05, 3.63) is 106 Å². The molecule has 0 bridgehead atoms. The summed E-state index contributed by atoms with van der Waals surface area (Å²) in [5, 5.41) is 3.13. The smallest absolute Gasteiger partial charge is 0.243 e. The highest BCUT2D eigenvalue weighted by molar-refractivity contribution is 5.89. The van der Waals surface area contributed by atoms with E-state index in [-0.39, 0.29) is 24.3 Å². The van der Waals surface area contributed by atoms with Gasteiger partial charge < -0.3 is 10.2 Å². The van der Waals surface area contributed by atoms with Gasteiger partial charge in [-0.15, -0.1) is 0 Å². The molecule has 0 saturated carbocycles. The van der Waals surface area contributed by atoms with E-state index in [0.29, 0.717) is 13.0 Å². The van der Waals surface area contributed by atoms with E-state index in [1.165, 1.54) is 5.56 Å². The molecule has 0 radical (unpaired) electrons. The molecule has 0 aromatic heterocycles. The number of nitrogens with one attached hydrogen (secondary N) is 1. The molecule has 3 aromatic rings. The summed E-state index contributed by atoms with van der Waals surface area (Å²) in [7, 11) is 0. The molecule has 4 heteroatoms. The summed E-state index contributed by atoms with van der Waals surface area (Å²) < 4.78 is 0. The van der Waals surface area contributed by atoms with Crippen LogP contribution < -0.4 is 5.32 Å². The SMILES string of the molecule is CCC(C)NC(=O)C(Cc1ccccc1)N(Cc1ccc(C)cc1)C(=O)Cc1ccc(C)c(C)c1. The van der Waals surface area contributed by atoms with Gasteiger partial charge in [0.2, 0.25) is 11.8 Å². The van der Waals surface area contributed by atoms with Gasteiger partial charge in [-0.25, -0.2) is 0 Å². The van der Waals surface area contributed by atoms with E-state index < -0.39 is 6.04 Å². The lowest BCUT2D eigenvalue weighted by atomic mass is 10.00. The zero-order chi connectivity index (χ0) is 25.4. The van der Waals surface area contributed by atoms with E-state index in [2.05, 4.69) is 31.3 Å². The minimum atomic E-state index is -0.605. The van der Waals surface area contributed by atoms with Gasteiger partial charge in [0.15, 0.2) is 0 Å². The lowest BCUT2D eigenvalue weighted by Crippen LogP contribution is -2.52. The number of hydrogen-bond donors (Lipinski definition) is 1. The Morgan fingerprint density at radius 3 is 2.11 bits per heavy atom. The number of aryl methyl sites for hydroxylation is 3. The first-order valence-corrected chi connectivity index (χ1v) is 12.5. The van der Waals surface area contributed by atoms with Gasteiger partial charge in [-0.2, -0.15) is 0 Å². The lowest BCUT2D eigenvalue weighted by molar-refractivity contribution is -0.141. The Morgan fingerprint density at radius 2 is 1.49 bits per heavy atom. The maximum absolute atomic E-state index is 13.8. The van der Waals surface area contributed by atoms with E-state index in [0.717, 1.165) is 34.2 Å². The van der Waals surface area contributed by atoms with Crippen molar-refractivity contribution in [2.45, 2.75) is 72.5 Å². The second-order valence-corrected chi connectivity index (χ2v) is 9.63. The van der Waals surface area contributed by atoms with Crippen LogP contribution in [0, 0.1) is 20.8 Å². The molecule has 184 valence electrons. The van der Waals surface area contributed by atoms with Crippen LogP contribution in [0.25, 0.3) is 0 Å². The van der Waals surface area contributed by atoms with Gasteiger partial charge in [0, 0.05) is 19.0 Å². The van der Waals surface area contributed by atoms with Gasteiger partial charge in [-0.05, 0) is 61.9 Å². The van der Waals surface area contributed by atoms with Crippen molar-refractivity contribution in [3.8, 4) is 0 Å². The van der Waals surface area contributed by atoms with Crippen LogP contribution >= 0.6 is 0 Å². The van der Waals surface area contributed by atoms with Crippen LogP contribution in [0.4, 0.5) is 0 Å². The second kappa shape index (κ2) is 12.3. The summed E-state index contributed by atoms with van der Waals surface area (Å²) in [6, 6.07) is 23.7. The summed E-state index contributed by atoms with van der Waals surface area (Å²) in [5.41, 5.74) is 6.54. The Balaban J connectivity index is 1.97. The Morgan fingerprint density at radius 1 is 0.829 bits per heavy atom. The minimum Gasteiger partial charge on any atom is -0.352 e.